The number of carboxylic acids is 1. The van der Waals surface area contributed by atoms with Crippen molar-refractivity contribution in [3.63, 3.8) is 0 Å². The van der Waals surface area contributed by atoms with E-state index >= 15 is 0 Å². The van der Waals surface area contributed by atoms with E-state index in [-0.39, 0.29) is 11.8 Å². The fourth-order valence-electron chi connectivity index (χ4n) is 2.12. The number of carbonyl (C=O) groups excluding carboxylic acids is 1. The van der Waals surface area contributed by atoms with Crippen molar-refractivity contribution in [1.82, 2.24) is 5.32 Å². The molecule has 0 spiro atoms. The number of hydrogen-bond acceptors (Lipinski definition) is 3. The first kappa shape index (κ1) is 16.1. The Morgan fingerprint density at radius 2 is 2.00 bits per heavy atom. The van der Waals surface area contributed by atoms with Crippen LogP contribution in [0.4, 0.5) is 13.2 Å². The van der Waals surface area contributed by atoms with Gasteiger partial charge in [-0.25, -0.2) is 0 Å². The van der Waals surface area contributed by atoms with Gasteiger partial charge in [0, 0.05) is 6.04 Å². The monoisotopic (exact) mass is 317 g/mol. The zero-order valence-corrected chi connectivity index (χ0v) is 11.4. The first-order chi connectivity index (χ1) is 10.3. The van der Waals surface area contributed by atoms with Gasteiger partial charge in [0.05, 0.1) is 11.5 Å². The van der Waals surface area contributed by atoms with Gasteiger partial charge in [0.15, 0.2) is 6.61 Å². The third-order valence-corrected chi connectivity index (χ3v) is 3.38. The Labute approximate surface area is 124 Å². The highest BCUT2D eigenvalue weighted by atomic mass is 19.4. The van der Waals surface area contributed by atoms with Gasteiger partial charge in [0.2, 0.25) is 0 Å². The molecule has 0 atom stereocenters. The van der Waals surface area contributed by atoms with Crippen molar-refractivity contribution in [1.29, 1.82) is 0 Å². The third-order valence-electron chi connectivity index (χ3n) is 3.38. The second-order valence-corrected chi connectivity index (χ2v) is 5.09. The Balaban J connectivity index is 1.79. The van der Waals surface area contributed by atoms with Crippen molar-refractivity contribution < 1.29 is 32.6 Å². The Hall–Kier alpha value is -2.25. The van der Waals surface area contributed by atoms with Crippen LogP contribution in [0, 0.1) is 5.92 Å². The van der Waals surface area contributed by atoms with Crippen molar-refractivity contribution in [2.24, 2.45) is 5.92 Å². The van der Waals surface area contributed by atoms with Gasteiger partial charge >= 0.3 is 12.1 Å². The lowest BCUT2D eigenvalue weighted by Gasteiger charge is -2.32. The van der Waals surface area contributed by atoms with Gasteiger partial charge in [0.1, 0.15) is 5.75 Å². The van der Waals surface area contributed by atoms with Gasteiger partial charge in [0.25, 0.3) is 5.91 Å². The molecule has 0 bridgehead atoms. The molecule has 0 heterocycles. The highest BCUT2D eigenvalue weighted by Crippen LogP contribution is 2.31. The lowest BCUT2D eigenvalue weighted by molar-refractivity contribution is -0.146. The molecule has 1 saturated carbocycles. The van der Waals surface area contributed by atoms with Gasteiger partial charge in [-0.15, -0.1) is 0 Å². The number of carboxylic acid groups (broad SMARTS) is 1. The molecule has 0 radical (unpaired) electrons. The van der Waals surface area contributed by atoms with Crippen LogP contribution in [0.25, 0.3) is 0 Å². The molecule has 22 heavy (non-hydrogen) atoms. The summed E-state index contributed by atoms with van der Waals surface area (Å²) < 4.78 is 42.6. The Kier molecular flexibility index (Phi) is 4.58. The number of amides is 1. The minimum Gasteiger partial charge on any atom is -0.484 e. The standard InChI is InChI=1S/C14H14F3NO4/c15-14(16,17)9-2-1-3-11(6-9)22-7-12(19)18-10-4-8(5-10)13(20)21/h1-3,6,8,10H,4-5,7H2,(H,18,19)(H,20,21). The molecule has 0 saturated heterocycles. The molecule has 1 amide bonds. The van der Waals surface area contributed by atoms with E-state index in [1.165, 1.54) is 12.1 Å². The number of aliphatic carboxylic acids is 1. The number of rotatable bonds is 5. The summed E-state index contributed by atoms with van der Waals surface area (Å²) in [6.07, 6.45) is -3.77. The SMILES string of the molecule is O=C(COc1cccc(C(F)(F)F)c1)NC1CC(C(=O)O)C1. The normalized spacial score (nSPS) is 20.9. The summed E-state index contributed by atoms with van der Waals surface area (Å²) >= 11 is 0. The van der Waals surface area contributed by atoms with E-state index in [0.717, 1.165) is 12.1 Å². The summed E-state index contributed by atoms with van der Waals surface area (Å²) in [7, 11) is 0. The van der Waals surface area contributed by atoms with Crippen LogP contribution in [0.2, 0.25) is 0 Å². The average molecular weight is 317 g/mol. The molecule has 1 aliphatic carbocycles. The van der Waals surface area contributed by atoms with Crippen LogP contribution in [-0.2, 0) is 15.8 Å². The molecule has 120 valence electrons. The molecule has 0 unspecified atom stereocenters. The highest BCUT2D eigenvalue weighted by molar-refractivity contribution is 5.78. The fraction of sp³-hybridized carbons (Fsp3) is 0.429. The van der Waals surface area contributed by atoms with Crippen LogP contribution < -0.4 is 10.1 Å². The first-order valence-electron chi connectivity index (χ1n) is 6.58. The third kappa shape index (κ3) is 4.12. The Morgan fingerprint density at radius 3 is 2.59 bits per heavy atom. The van der Waals surface area contributed by atoms with Crippen LogP contribution in [0.15, 0.2) is 24.3 Å². The summed E-state index contributed by atoms with van der Waals surface area (Å²) in [5.41, 5.74) is -0.853. The summed E-state index contributed by atoms with van der Waals surface area (Å²) in [6.45, 7) is -0.421. The number of benzene rings is 1. The highest BCUT2D eigenvalue weighted by Gasteiger charge is 2.35. The number of carbonyl (C=O) groups is 2. The van der Waals surface area contributed by atoms with Crippen LogP contribution in [-0.4, -0.2) is 29.6 Å². The number of hydrogen-bond donors (Lipinski definition) is 2. The minimum absolute atomic E-state index is 0.0537. The predicted molar refractivity (Wildman–Crippen MR) is 69.2 cm³/mol. The largest absolute Gasteiger partial charge is 0.484 e. The van der Waals surface area contributed by atoms with E-state index < -0.39 is 36.1 Å². The van der Waals surface area contributed by atoms with Crippen molar-refractivity contribution in [3.05, 3.63) is 29.8 Å². The maximum atomic E-state index is 12.5. The first-order valence-corrected chi connectivity index (χ1v) is 6.58. The molecule has 5 nitrogen and oxygen atoms in total. The van der Waals surface area contributed by atoms with E-state index in [2.05, 4.69) is 5.32 Å². The molecule has 1 aliphatic rings. The molecule has 0 aliphatic heterocycles. The smallest absolute Gasteiger partial charge is 0.416 e. The zero-order chi connectivity index (χ0) is 16.3. The van der Waals surface area contributed by atoms with Crippen LogP contribution in [0.5, 0.6) is 5.75 Å². The van der Waals surface area contributed by atoms with Crippen molar-refractivity contribution in [2.75, 3.05) is 6.61 Å². The van der Waals surface area contributed by atoms with E-state index in [0.29, 0.717) is 12.8 Å². The molecular formula is C14H14F3NO4. The fourth-order valence-corrected chi connectivity index (χ4v) is 2.12. The summed E-state index contributed by atoms with van der Waals surface area (Å²) in [4.78, 5) is 22.2. The summed E-state index contributed by atoms with van der Waals surface area (Å²) in [6, 6.07) is 4.02. The van der Waals surface area contributed by atoms with E-state index in [4.69, 9.17) is 9.84 Å². The second kappa shape index (κ2) is 6.25. The van der Waals surface area contributed by atoms with Crippen LogP contribution in [0.1, 0.15) is 18.4 Å². The van der Waals surface area contributed by atoms with Crippen molar-refractivity contribution in [3.8, 4) is 5.75 Å². The zero-order valence-electron chi connectivity index (χ0n) is 11.4. The van der Waals surface area contributed by atoms with Gasteiger partial charge in [-0.2, -0.15) is 13.2 Å². The summed E-state index contributed by atoms with van der Waals surface area (Å²) in [5.74, 6) is -1.89. The van der Waals surface area contributed by atoms with Gasteiger partial charge in [-0.05, 0) is 31.0 Å². The predicted octanol–water partition coefficient (Wildman–Crippen LogP) is 2.06. The number of ether oxygens (including phenoxy) is 1. The Bertz CT molecular complexity index is 567. The molecule has 0 aromatic heterocycles. The second-order valence-electron chi connectivity index (χ2n) is 5.09. The number of halogens is 3. The minimum atomic E-state index is -4.47. The van der Waals surface area contributed by atoms with Gasteiger partial charge < -0.3 is 15.2 Å². The molecular weight excluding hydrogens is 303 g/mol. The molecule has 2 N–H and O–H groups in total. The van der Waals surface area contributed by atoms with E-state index in [1.54, 1.807) is 0 Å². The van der Waals surface area contributed by atoms with Gasteiger partial charge in [-0.3, -0.25) is 9.59 Å². The topological polar surface area (TPSA) is 75.6 Å². The van der Waals surface area contributed by atoms with Crippen molar-refractivity contribution in [2.45, 2.75) is 25.1 Å². The number of alkyl halides is 3. The number of nitrogens with one attached hydrogen (secondary N) is 1. The van der Waals surface area contributed by atoms with Crippen LogP contribution >= 0.6 is 0 Å². The maximum Gasteiger partial charge on any atom is 0.416 e. The molecule has 8 heteroatoms. The van der Waals surface area contributed by atoms with E-state index in [1.807, 2.05) is 0 Å². The quantitative estimate of drug-likeness (QED) is 0.872. The van der Waals surface area contributed by atoms with Crippen LogP contribution in [0.3, 0.4) is 0 Å². The summed E-state index contributed by atoms with van der Waals surface area (Å²) in [5, 5.41) is 11.3. The molecule has 1 fully saturated rings. The maximum absolute atomic E-state index is 12.5. The van der Waals surface area contributed by atoms with Gasteiger partial charge in [-0.1, -0.05) is 6.07 Å². The average Bonchev–Trinajstić information content (AvgIpc) is 2.39. The molecule has 1 aromatic rings. The molecule has 2 rings (SSSR count). The van der Waals surface area contributed by atoms with Crippen molar-refractivity contribution >= 4 is 11.9 Å². The lowest BCUT2D eigenvalue weighted by atomic mass is 9.80. The molecule has 1 aromatic carbocycles. The Morgan fingerprint density at radius 1 is 1.32 bits per heavy atom. The van der Waals surface area contributed by atoms with E-state index in [9.17, 15) is 22.8 Å². The lowest BCUT2D eigenvalue weighted by Crippen LogP contribution is -2.48.